The molecular weight excluding hydrogens is 275 g/mol. The first-order valence-electron chi connectivity index (χ1n) is 6.47. The van der Waals surface area contributed by atoms with Gasteiger partial charge in [0.25, 0.3) is 0 Å². The summed E-state index contributed by atoms with van der Waals surface area (Å²) in [6, 6.07) is 0.400. The summed E-state index contributed by atoms with van der Waals surface area (Å²) in [6.45, 7) is 5.31. The third kappa shape index (κ3) is 3.90. The maximum Gasteiger partial charge on any atom is 0.427 e. The Kier molecular flexibility index (Phi) is 4.81. The molecule has 0 aromatic carbocycles. The predicted octanol–water partition coefficient (Wildman–Crippen LogP) is 2.74. The maximum absolute atomic E-state index is 12.5. The fourth-order valence-electron chi connectivity index (χ4n) is 2.32. The Hall–Kier alpha value is -0.660. The summed E-state index contributed by atoms with van der Waals surface area (Å²) in [7, 11) is 0. The summed E-state index contributed by atoms with van der Waals surface area (Å²) >= 11 is 0.755. The number of piperazine rings is 1. The molecule has 19 heavy (non-hydrogen) atoms. The molecule has 108 valence electrons. The molecular formula is C12H18F3N3S. The van der Waals surface area contributed by atoms with Gasteiger partial charge in [-0.05, 0) is 6.42 Å². The molecule has 1 aliphatic heterocycles. The summed E-state index contributed by atoms with van der Waals surface area (Å²) in [6.07, 6.45) is -1.20. The first-order chi connectivity index (χ1) is 9.00. The Morgan fingerprint density at radius 1 is 1.53 bits per heavy atom. The minimum absolute atomic E-state index is 0.400. The zero-order valence-corrected chi connectivity index (χ0v) is 11.7. The summed E-state index contributed by atoms with van der Waals surface area (Å²) < 4.78 is 37.6. The third-order valence-corrected chi connectivity index (χ3v) is 4.29. The van der Waals surface area contributed by atoms with Crippen molar-refractivity contribution in [3.63, 3.8) is 0 Å². The van der Waals surface area contributed by atoms with E-state index in [0.717, 1.165) is 50.0 Å². The van der Waals surface area contributed by atoms with E-state index >= 15 is 0 Å². The van der Waals surface area contributed by atoms with E-state index in [1.165, 1.54) is 0 Å². The molecule has 1 aromatic rings. The van der Waals surface area contributed by atoms with Gasteiger partial charge in [0.15, 0.2) is 0 Å². The van der Waals surface area contributed by atoms with Crippen LogP contribution in [0.1, 0.15) is 29.7 Å². The summed E-state index contributed by atoms with van der Waals surface area (Å²) in [4.78, 5) is 5.54. The van der Waals surface area contributed by atoms with Gasteiger partial charge in [-0.3, -0.25) is 4.90 Å². The fourth-order valence-corrected chi connectivity index (χ4v) is 3.13. The lowest BCUT2D eigenvalue weighted by Gasteiger charge is -2.35. The molecule has 1 unspecified atom stereocenters. The minimum Gasteiger partial charge on any atom is -0.314 e. The van der Waals surface area contributed by atoms with Gasteiger partial charge in [-0.1, -0.05) is 13.3 Å². The van der Waals surface area contributed by atoms with Crippen LogP contribution in [-0.4, -0.2) is 35.6 Å². The maximum atomic E-state index is 12.5. The van der Waals surface area contributed by atoms with Gasteiger partial charge in [0, 0.05) is 25.7 Å². The number of thiazole rings is 1. The van der Waals surface area contributed by atoms with Crippen LogP contribution >= 0.6 is 11.3 Å². The largest absolute Gasteiger partial charge is 0.427 e. The summed E-state index contributed by atoms with van der Waals surface area (Å²) in [5, 5.41) is 3.88. The summed E-state index contributed by atoms with van der Waals surface area (Å²) in [5.41, 5.74) is 0. The van der Waals surface area contributed by atoms with Gasteiger partial charge in [0.2, 0.25) is 0 Å². The second kappa shape index (κ2) is 6.19. The fraction of sp³-hybridized carbons (Fsp3) is 0.750. The van der Waals surface area contributed by atoms with Crippen LogP contribution in [0, 0.1) is 0 Å². The molecule has 2 rings (SSSR count). The van der Waals surface area contributed by atoms with Gasteiger partial charge in [0.1, 0.15) is 9.88 Å². The molecule has 1 saturated heterocycles. The average molecular weight is 293 g/mol. The van der Waals surface area contributed by atoms with Crippen molar-refractivity contribution in [2.75, 3.05) is 19.6 Å². The van der Waals surface area contributed by atoms with Gasteiger partial charge in [-0.2, -0.15) is 13.2 Å². The normalized spacial score (nSPS) is 21.8. The molecule has 1 aliphatic rings. The van der Waals surface area contributed by atoms with E-state index in [1.807, 2.05) is 0 Å². The first-order valence-corrected chi connectivity index (χ1v) is 7.29. The predicted molar refractivity (Wildman–Crippen MR) is 69.1 cm³/mol. The number of hydrogen-bond donors (Lipinski definition) is 1. The van der Waals surface area contributed by atoms with E-state index in [2.05, 4.69) is 22.1 Å². The van der Waals surface area contributed by atoms with Gasteiger partial charge in [0.05, 0.1) is 12.7 Å². The van der Waals surface area contributed by atoms with Crippen LogP contribution in [0.4, 0.5) is 13.2 Å². The molecule has 0 bridgehead atoms. The molecule has 0 spiro atoms. The molecule has 3 nitrogen and oxygen atoms in total. The van der Waals surface area contributed by atoms with E-state index < -0.39 is 11.1 Å². The topological polar surface area (TPSA) is 28.2 Å². The zero-order valence-electron chi connectivity index (χ0n) is 10.8. The Morgan fingerprint density at radius 3 is 2.95 bits per heavy atom. The average Bonchev–Trinajstić information content (AvgIpc) is 2.80. The standard InChI is InChI=1S/C12H18F3N3S/c1-2-3-9-6-16-4-5-18(9)8-11-17-7-10(19-11)12(13,14)15/h7,9,16H,2-6,8H2,1H3. The molecule has 2 heterocycles. The molecule has 0 saturated carbocycles. The Morgan fingerprint density at radius 2 is 2.32 bits per heavy atom. The van der Waals surface area contributed by atoms with Gasteiger partial charge in [-0.15, -0.1) is 11.3 Å². The van der Waals surface area contributed by atoms with E-state index in [4.69, 9.17) is 0 Å². The van der Waals surface area contributed by atoms with Crippen molar-refractivity contribution in [1.82, 2.24) is 15.2 Å². The van der Waals surface area contributed by atoms with Crippen molar-refractivity contribution in [3.8, 4) is 0 Å². The van der Waals surface area contributed by atoms with E-state index in [9.17, 15) is 13.2 Å². The van der Waals surface area contributed by atoms with Crippen LogP contribution in [-0.2, 0) is 12.7 Å². The van der Waals surface area contributed by atoms with Crippen LogP contribution in [0.5, 0.6) is 0 Å². The molecule has 0 radical (unpaired) electrons. The number of nitrogens with one attached hydrogen (secondary N) is 1. The molecule has 7 heteroatoms. The number of rotatable bonds is 4. The van der Waals surface area contributed by atoms with Crippen LogP contribution in [0.25, 0.3) is 0 Å². The van der Waals surface area contributed by atoms with Crippen molar-refractivity contribution in [3.05, 3.63) is 16.1 Å². The second-order valence-electron chi connectivity index (χ2n) is 4.73. The number of nitrogens with zero attached hydrogens (tertiary/aromatic N) is 2. The van der Waals surface area contributed by atoms with Crippen LogP contribution < -0.4 is 5.32 Å². The lowest BCUT2D eigenvalue weighted by atomic mass is 10.1. The number of halogens is 3. The van der Waals surface area contributed by atoms with E-state index in [0.29, 0.717) is 17.6 Å². The van der Waals surface area contributed by atoms with Crippen LogP contribution in [0.15, 0.2) is 6.20 Å². The highest BCUT2D eigenvalue weighted by atomic mass is 32.1. The Labute approximate surface area is 114 Å². The summed E-state index contributed by atoms with van der Waals surface area (Å²) in [5.74, 6) is 0. The number of alkyl halides is 3. The zero-order chi connectivity index (χ0) is 13.9. The quantitative estimate of drug-likeness (QED) is 0.925. The SMILES string of the molecule is CCCC1CNCCN1Cc1ncc(C(F)(F)F)s1. The molecule has 1 atom stereocenters. The van der Waals surface area contributed by atoms with E-state index in [1.54, 1.807) is 0 Å². The highest BCUT2D eigenvalue weighted by Crippen LogP contribution is 2.33. The van der Waals surface area contributed by atoms with E-state index in [-0.39, 0.29) is 0 Å². The number of aromatic nitrogens is 1. The highest BCUT2D eigenvalue weighted by molar-refractivity contribution is 7.11. The van der Waals surface area contributed by atoms with Gasteiger partial charge in [-0.25, -0.2) is 4.98 Å². The van der Waals surface area contributed by atoms with Crippen molar-refractivity contribution in [2.24, 2.45) is 0 Å². The van der Waals surface area contributed by atoms with Gasteiger partial charge >= 0.3 is 6.18 Å². The molecule has 1 N–H and O–H groups in total. The smallest absolute Gasteiger partial charge is 0.314 e. The Balaban J connectivity index is 2.00. The molecule has 0 aliphatic carbocycles. The highest BCUT2D eigenvalue weighted by Gasteiger charge is 2.33. The molecule has 1 aromatic heterocycles. The number of hydrogen-bond acceptors (Lipinski definition) is 4. The molecule has 1 fully saturated rings. The van der Waals surface area contributed by atoms with Crippen molar-refractivity contribution in [1.29, 1.82) is 0 Å². The van der Waals surface area contributed by atoms with Crippen molar-refractivity contribution in [2.45, 2.75) is 38.5 Å². The second-order valence-corrected chi connectivity index (χ2v) is 5.85. The van der Waals surface area contributed by atoms with Crippen molar-refractivity contribution >= 4 is 11.3 Å². The lowest BCUT2D eigenvalue weighted by molar-refractivity contribution is -0.134. The minimum atomic E-state index is -4.28. The lowest BCUT2D eigenvalue weighted by Crippen LogP contribution is -2.50. The molecule has 0 amide bonds. The first kappa shape index (κ1) is 14.7. The van der Waals surface area contributed by atoms with Crippen molar-refractivity contribution < 1.29 is 13.2 Å². The van der Waals surface area contributed by atoms with Crippen LogP contribution in [0.3, 0.4) is 0 Å². The third-order valence-electron chi connectivity index (χ3n) is 3.27. The van der Waals surface area contributed by atoms with Gasteiger partial charge < -0.3 is 5.32 Å². The van der Waals surface area contributed by atoms with Crippen LogP contribution in [0.2, 0.25) is 0 Å². The Bertz CT molecular complexity index is 403. The monoisotopic (exact) mass is 293 g/mol.